The molecule has 0 saturated carbocycles. The fourth-order valence-electron chi connectivity index (χ4n) is 2.27. The zero-order valence-electron chi connectivity index (χ0n) is 16.0. The Bertz CT molecular complexity index is 783. The molecule has 0 aliphatic heterocycles. The SMILES string of the molecule is CCOc1ccc(Nc2ncccc2C(=O)OCC(=O)NC(C)(C)C)cc1. The molecule has 7 nitrogen and oxygen atoms in total. The number of carbonyl (C=O) groups excluding carboxylic acids is 2. The lowest BCUT2D eigenvalue weighted by molar-refractivity contribution is -0.125. The number of nitrogens with zero attached hydrogens (tertiary/aromatic N) is 1. The van der Waals surface area contributed by atoms with Crippen molar-refractivity contribution < 1.29 is 19.1 Å². The van der Waals surface area contributed by atoms with E-state index in [0.717, 1.165) is 11.4 Å². The lowest BCUT2D eigenvalue weighted by Crippen LogP contribution is -2.42. The van der Waals surface area contributed by atoms with Crippen molar-refractivity contribution in [3.05, 3.63) is 48.2 Å². The monoisotopic (exact) mass is 371 g/mol. The maximum absolute atomic E-state index is 12.4. The summed E-state index contributed by atoms with van der Waals surface area (Å²) in [5.74, 6) is 0.123. The van der Waals surface area contributed by atoms with Crippen LogP contribution in [-0.2, 0) is 9.53 Å². The summed E-state index contributed by atoms with van der Waals surface area (Å²) < 4.78 is 10.5. The number of aromatic nitrogens is 1. The van der Waals surface area contributed by atoms with E-state index in [1.807, 2.05) is 52.0 Å². The fourth-order valence-corrected chi connectivity index (χ4v) is 2.27. The Kier molecular flexibility index (Phi) is 6.76. The van der Waals surface area contributed by atoms with Crippen LogP contribution in [0.5, 0.6) is 5.75 Å². The van der Waals surface area contributed by atoms with Gasteiger partial charge in [-0.1, -0.05) is 0 Å². The molecule has 7 heteroatoms. The topological polar surface area (TPSA) is 89.6 Å². The zero-order chi connectivity index (χ0) is 19.9. The Hall–Kier alpha value is -3.09. The third kappa shape index (κ3) is 6.62. The van der Waals surface area contributed by atoms with E-state index in [0.29, 0.717) is 12.4 Å². The number of amides is 1. The van der Waals surface area contributed by atoms with Gasteiger partial charge in [0.1, 0.15) is 17.1 Å². The first-order valence-electron chi connectivity index (χ1n) is 8.71. The standard InChI is InChI=1S/C20H25N3O4/c1-5-26-15-10-8-14(9-11-15)22-18-16(7-6-12-21-18)19(25)27-13-17(24)23-20(2,3)4/h6-12H,5,13H2,1-4H3,(H,21,22)(H,23,24). The molecule has 1 aromatic heterocycles. The van der Waals surface area contributed by atoms with E-state index >= 15 is 0 Å². The predicted octanol–water partition coefficient (Wildman–Crippen LogP) is 3.30. The van der Waals surface area contributed by atoms with E-state index in [-0.39, 0.29) is 18.1 Å². The number of hydrogen-bond donors (Lipinski definition) is 2. The van der Waals surface area contributed by atoms with Gasteiger partial charge in [-0.05, 0) is 64.1 Å². The van der Waals surface area contributed by atoms with Gasteiger partial charge in [-0.25, -0.2) is 9.78 Å². The third-order valence-electron chi connectivity index (χ3n) is 3.30. The van der Waals surface area contributed by atoms with Gasteiger partial charge >= 0.3 is 5.97 Å². The lowest BCUT2D eigenvalue weighted by Gasteiger charge is -2.20. The van der Waals surface area contributed by atoms with E-state index in [4.69, 9.17) is 9.47 Å². The number of anilines is 2. The Morgan fingerprint density at radius 1 is 1.11 bits per heavy atom. The molecule has 0 aliphatic carbocycles. The molecule has 2 aromatic rings. The normalized spacial score (nSPS) is 10.8. The van der Waals surface area contributed by atoms with Gasteiger partial charge in [0.05, 0.1) is 6.61 Å². The maximum atomic E-state index is 12.4. The number of benzene rings is 1. The molecule has 1 amide bonds. The molecule has 2 rings (SSSR count). The zero-order valence-corrected chi connectivity index (χ0v) is 16.0. The molecule has 0 atom stereocenters. The van der Waals surface area contributed by atoms with Crippen LogP contribution in [0.1, 0.15) is 38.1 Å². The van der Waals surface area contributed by atoms with Crippen molar-refractivity contribution in [3.63, 3.8) is 0 Å². The van der Waals surface area contributed by atoms with Crippen LogP contribution in [0.25, 0.3) is 0 Å². The van der Waals surface area contributed by atoms with E-state index in [9.17, 15) is 9.59 Å². The largest absolute Gasteiger partial charge is 0.494 e. The van der Waals surface area contributed by atoms with E-state index in [1.54, 1.807) is 18.3 Å². The van der Waals surface area contributed by atoms with Crippen LogP contribution in [0.4, 0.5) is 11.5 Å². The van der Waals surface area contributed by atoms with E-state index in [1.165, 1.54) is 0 Å². The third-order valence-corrected chi connectivity index (χ3v) is 3.30. The van der Waals surface area contributed by atoms with Crippen molar-refractivity contribution >= 4 is 23.4 Å². The van der Waals surface area contributed by atoms with Gasteiger partial charge in [0.2, 0.25) is 0 Å². The average molecular weight is 371 g/mol. The molecule has 1 heterocycles. The first-order chi connectivity index (χ1) is 12.8. The van der Waals surface area contributed by atoms with Crippen molar-refractivity contribution in [2.45, 2.75) is 33.2 Å². The second-order valence-corrected chi connectivity index (χ2v) is 6.86. The van der Waals surface area contributed by atoms with Gasteiger partial charge < -0.3 is 20.1 Å². The van der Waals surface area contributed by atoms with Crippen molar-refractivity contribution in [3.8, 4) is 5.75 Å². The Labute approximate surface area is 159 Å². The molecule has 0 aliphatic rings. The van der Waals surface area contributed by atoms with Crippen LogP contribution in [0.15, 0.2) is 42.6 Å². The number of hydrogen-bond acceptors (Lipinski definition) is 6. The average Bonchev–Trinajstić information content (AvgIpc) is 2.61. The minimum absolute atomic E-state index is 0.245. The first kappa shape index (κ1) is 20.2. The highest BCUT2D eigenvalue weighted by atomic mass is 16.5. The molecular weight excluding hydrogens is 346 g/mol. The number of esters is 1. The van der Waals surface area contributed by atoms with Gasteiger partial charge in [-0.15, -0.1) is 0 Å². The summed E-state index contributed by atoms with van der Waals surface area (Å²) in [5, 5.41) is 5.82. The smallest absolute Gasteiger partial charge is 0.342 e. The molecule has 0 bridgehead atoms. The van der Waals surface area contributed by atoms with Crippen LogP contribution in [0.2, 0.25) is 0 Å². The van der Waals surface area contributed by atoms with Crippen molar-refractivity contribution in [2.24, 2.45) is 0 Å². The molecule has 0 spiro atoms. The molecule has 144 valence electrons. The van der Waals surface area contributed by atoms with Crippen LogP contribution in [-0.4, -0.2) is 35.6 Å². The summed E-state index contributed by atoms with van der Waals surface area (Å²) in [5.41, 5.74) is 0.602. The lowest BCUT2D eigenvalue weighted by atomic mass is 10.1. The molecule has 0 fully saturated rings. The maximum Gasteiger partial charge on any atom is 0.342 e. The number of rotatable bonds is 7. The highest BCUT2D eigenvalue weighted by Gasteiger charge is 2.18. The number of ether oxygens (including phenoxy) is 2. The van der Waals surface area contributed by atoms with Gasteiger partial charge in [-0.3, -0.25) is 4.79 Å². The molecule has 0 saturated heterocycles. The summed E-state index contributed by atoms with van der Waals surface area (Å²) >= 11 is 0. The number of nitrogens with one attached hydrogen (secondary N) is 2. The Morgan fingerprint density at radius 2 is 1.81 bits per heavy atom. The minimum atomic E-state index is -0.624. The summed E-state index contributed by atoms with van der Waals surface area (Å²) in [6.45, 7) is 7.71. The predicted molar refractivity (Wildman–Crippen MR) is 103 cm³/mol. The molecule has 0 radical (unpaired) electrons. The van der Waals surface area contributed by atoms with E-state index < -0.39 is 11.5 Å². The quantitative estimate of drug-likeness (QED) is 0.726. The molecule has 0 unspecified atom stereocenters. The molecule has 27 heavy (non-hydrogen) atoms. The number of pyridine rings is 1. The van der Waals surface area contributed by atoms with E-state index in [2.05, 4.69) is 15.6 Å². The fraction of sp³-hybridized carbons (Fsp3) is 0.350. The van der Waals surface area contributed by atoms with Gasteiger partial charge in [-0.2, -0.15) is 0 Å². The van der Waals surface area contributed by atoms with Crippen molar-refractivity contribution in [1.29, 1.82) is 0 Å². The second-order valence-electron chi connectivity index (χ2n) is 6.86. The second kappa shape index (κ2) is 9.02. The number of carbonyl (C=O) groups is 2. The summed E-state index contributed by atoms with van der Waals surface area (Å²) in [7, 11) is 0. The van der Waals surface area contributed by atoms with Gasteiger partial charge in [0, 0.05) is 17.4 Å². The molecule has 1 aromatic carbocycles. The summed E-state index contributed by atoms with van der Waals surface area (Å²) in [6.07, 6.45) is 1.57. The summed E-state index contributed by atoms with van der Waals surface area (Å²) in [4.78, 5) is 28.4. The highest BCUT2D eigenvalue weighted by Crippen LogP contribution is 2.21. The first-order valence-corrected chi connectivity index (χ1v) is 8.71. The highest BCUT2D eigenvalue weighted by molar-refractivity contribution is 5.96. The molecular formula is C20H25N3O4. The van der Waals surface area contributed by atoms with Crippen LogP contribution < -0.4 is 15.4 Å². The Balaban J connectivity index is 2.04. The van der Waals surface area contributed by atoms with Crippen LogP contribution >= 0.6 is 0 Å². The van der Waals surface area contributed by atoms with Crippen molar-refractivity contribution in [2.75, 3.05) is 18.5 Å². The van der Waals surface area contributed by atoms with Crippen LogP contribution in [0, 0.1) is 0 Å². The summed E-state index contributed by atoms with van der Waals surface area (Å²) in [6, 6.07) is 10.5. The van der Waals surface area contributed by atoms with Gasteiger partial charge in [0.15, 0.2) is 6.61 Å². The molecule has 2 N–H and O–H groups in total. The minimum Gasteiger partial charge on any atom is -0.494 e. The van der Waals surface area contributed by atoms with Gasteiger partial charge in [0.25, 0.3) is 5.91 Å². The van der Waals surface area contributed by atoms with Crippen molar-refractivity contribution in [1.82, 2.24) is 10.3 Å². The van der Waals surface area contributed by atoms with Crippen LogP contribution in [0.3, 0.4) is 0 Å². The Morgan fingerprint density at radius 3 is 2.44 bits per heavy atom.